The van der Waals surface area contributed by atoms with Gasteiger partial charge in [-0.1, -0.05) is 5.16 Å². The number of furan rings is 1. The summed E-state index contributed by atoms with van der Waals surface area (Å²) in [6.45, 7) is 1.91. The first kappa shape index (κ1) is 9.71. The highest BCUT2D eigenvalue weighted by Crippen LogP contribution is 2.24. The van der Waals surface area contributed by atoms with Crippen molar-refractivity contribution in [1.82, 2.24) is 20.1 Å². The van der Waals surface area contributed by atoms with E-state index in [0.29, 0.717) is 23.2 Å². The summed E-state index contributed by atoms with van der Waals surface area (Å²) in [4.78, 5) is 12.2. The van der Waals surface area contributed by atoms with Crippen LogP contribution in [0.5, 0.6) is 0 Å². The van der Waals surface area contributed by atoms with E-state index in [1.807, 2.05) is 13.0 Å². The molecule has 0 saturated heterocycles. The molecule has 0 aliphatic rings. The molecule has 0 unspecified atom stereocenters. The van der Waals surface area contributed by atoms with E-state index in [1.165, 1.54) is 0 Å². The lowest BCUT2D eigenvalue weighted by atomic mass is 10.3. The van der Waals surface area contributed by atoms with Gasteiger partial charge in [-0.25, -0.2) is 4.98 Å². The fourth-order valence-electron chi connectivity index (χ4n) is 1.43. The van der Waals surface area contributed by atoms with Gasteiger partial charge in [-0.05, 0) is 13.0 Å². The van der Waals surface area contributed by atoms with Crippen molar-refractivity contribution in [2.24, 2.45) is 0 Å². The van der Waals surface area contributed by atoms with E-state index in [-0.39, 0.29) is 0 Å². The monoisotopic (exact) mass is 228 g/mol. The van der Waals surface area contributed by atoms with Crippen LogP contribution < -0.4 is 0 Å². The number of nitrogens with zero attached hydrogens (tertiary/aromatic N) is 4. The highest BCUT2D eigenvalue weighted by molar-refractivity contribution is 5.54. The molecule has 0 amide bonds. The van der Waals surface area contributed by atoms with Crippen molar-refractivity contribution in [2.45, 2.75) is 6.92 Å². The molecule has 0 bridgehead atoms. The molecule has 3 rings (SSSR count). The lowest BCUT2D eigenvalue weighted by molar-refractivity contribution is 0.416. The van der Waals surface area contributed by atoms with Gasteiger partial charge in [0.05, 0.1) is 12.5 Å². The van der Waals surface area contributed by atoms with Crippen molar-refractivity contribution >= 4 is 0 Å². The van der Waals surface area contributed by atoms with Crippen LogP contribution in [0.25, 0.3) is 23.2 Å². The van der Waals surface area contributed by atoms with Gasteiger partial charge in [0, 0.05) is 18.0 Å². The van der Waals surface area contributed by atoms with E-state index in [0.717, 1.165) is 5.56 Å². The highest BCUT2D eigenvalue weighted by Gasteiger charge is 2.15. The van der Waals surface area contributed by atoms with Gasteiger partial charge in [0.15, 0.2) is 5.76 Å². The van der Waals surface area contributed by atoms with Crippen molar-refractivity contribution in [3.63, 3.8) is 0 Å². The quantitative estimate of drug-likeness (QED) is 0.668. The summed E-state index contributed by atoms with van der Waals surface area (Å²) in [5, 5.41) is 3.83. The Morgan fingerprint density at radius 2 is 2.18 bits per heavy atom. The maximum Gasteiger partial charge on any atom is 0.294 e. The molecule has 17 heavy (non-hydrogen) atoms. The zero-order valence-corrected chi connectivity index (χ0v) is 8.99. The molecule has 0 atom stereocenters. The van der Waals surface area contributed by atoms with E-state index in [9.17, 15) is 0 Å². The average Bonchev–Trinajstić information content (AvgIpc) is 2.98. The minimum Gasteiger partial charge on any atom is -0.459 e. The molecule has 3 heterocycles. The van der Waals surface area contributed by atoms with E-state index in [1.54, 1.807) is 24.9 Å². The van der Waals surface area contributed by atoms with Crippen molar-refractivity contribution in [1.29, 1.82) is 0 Å². The molecule has 0 saturated carbocycles. The predicted octanol–water partition coefficient (Wildman–Crippen LogP) is 2.10. The summed E-state index contributed by atoms with van der Waals surface area (Å²) in [6.07, 6.45) is 6.31. The Labute approximate surface area is 96.3 Å². The first-order valence-corrected chi connectivity index (χ1v) is 4.99. The van der Waals surface area contributed by atoms with E-state index in [4.69, 9.17) is 8.94 Å². The maximum atomic E-state index is 5.27. The molecule has 3 aromatic rings. The van der Waals surface area contributed by atoms with Gasteiger partial charge in [0.25, 0.3) is 5.89 Å². The van der Waals surface area contributed by atoms with Gasteiger partial charge >= 0.3 is 0 Å². The minimum absolute atomic E-state index is 0.341. The molecule has 6 nitrogen and oxygen atoms in total. The highest BCUT2D eigenvalue weighted by atomic mass is 16.5. The SMILES string of the molecule is Cc1ccoc1-c1nc(-c2cnccn2)no1. The molecule has 6 heteroatoms. The van der Waals surface area contributed by atoms with Crippen LogP contribution in [0.4, 0.5) is 0 Å². The van der Waals surface area contributed by atoms with Crippen LogP contribution in [0.15, 0.2) is 39.9 Å². The molecule has 0 aromatic carbocycles. The Morgan fingerprint density at radius 3 is 2.88 bits per heavy atom. The van der Waals surface area contributed by atoms with Crippen LogP contribution in [-0.4, -0.2) is 20.1 Å². The molecule has 0 fully saturated rings. The van der Waals surface area contributed by atoms with Gasteiger partial charge in [-0.15, -0.1) is 0 Å². The van der Waals surface area contributed by atoms with Gasteiger partial charge in [-0.3, -0.25) is 4.98 Å². The Morgan fingerprint density at radius 1 is 1.24 bits per heavy atom. The Balaban J connectivity index is 2.02. The number of aromatic nitrogens is 4. The summed E-state index contributed by atoms with van der Waals surface area (Å²) in [6, 6.07) is 1.83. The first-order valence-electron chi connectivity index (χ1n) is 4.99. The van der Waals surface area contributed by atoms with Crippen molar-refractivity contribution in [3.05, 3.63) is 36.5 Å². The fraction of sp³-hybridized carbons (Fsp3) is 0.0909. The third-order valence-corrected chi connectivity index (χ3v) is 2.27. The smallest absolute Gasteiger partial charge is 0.294 e. The molecule has 84 valence electrons. The molecule has 0 radical (unpaired) electrons. The molecule has 0 aliphatic carbocycles. The van der Waals surface area contributed by atoms with E-state index >= 15 is 0 Å². The van der Waals surface area contributed by atoms with Crippen LogP contribution in [0, 0.1) is 6.92 Å². The number of hydrogen-bond donors (Lipinski definition) is 0. The summed E-state index contributed by atoms with van der Waals surface area (Å²) in [7, 11) is 0. The molecular formula is C11H8N4O2. The largest absolute Gasteiger partial charge is 0.459 e. The third kappa shape index (κ3) is 1.69. The summed E-state index contributed by atoms with van der Waals surface area (Å²) < 4.78 is 10.4. The second-order valence-electron chi connectivity index (χ2n) is 3.45. The summed E-state index contributed by atoms with van der Waals surface area (Å²) >= 11 is 0. The Kier molecular flexibility index (Phi) is 2.18. The number of hydrogen-bond acceptors (Lipinski definition) is 6. The Bertz CT molecular complexity index is 630. The predicted molar refractivity (Wildman–Crippen MR) is 57.8 cm³/mol. The molecule has 0 spiro atoms. The lowest BCUT2D eigenvalue weighted by Gasteiger charge is -1.89. The second-order valence-corrected chi connectivity index (χ2v) is 3.45. The lowest BCUT2D eigenvalue weighted by Crippen LogP contribution is -1.86. The normalized spacial score (nSPS) is 10.6. The number of rotatable bonds is 2. The topological polar surface area (TPSA) is 77.8 Å². The van der Waals surface area contributed by atoms with E-state index in [2.05, 4.69) is 20.1 Å². The van der Waals surface area contributed by atoms with Crippen LogP contribution in [0.2, 0.25) is 0 Å². The number of aryl methyl sites for hydroxylation is 1. The first-order chi connectivity index (χ1) is 8.34. The van der Waals surface area contributed by atoms with E-state index < -0.39 is 0 Å². The van der Waals surface area contributed by atoms with Crippen molar-refractivity contribution in [2.75, 3.05) is 0 Å². The summed E-state index contributed by atoms with van der Waals surface area (Å²) in [5.74, 6) is 1.31. The molecule has 0 N–H and O–H groups in total. The molecular weight excluding hydrogens is 220 g/mol. The van der Waals surface area contributed by atoms with Gasteiger partial charge in [-0.2, -0.15) is 4.98 Å². The van der Waals surface area contributed by atoms with Crippen LogP contribution in [-0.2, 0) is 0 Å². The van der Waals surface area contributed by atoms with Gasteiger partial charge in [0.2, 0.25) is 5.82 Å². The molecule has 0 aliphatic heterocycles. The van der Waals surface area contributed by atoms with Crippen LogP contribution >= 0.6 is 0 Å². The summed E-state index contributed by atoms with van der Waals surface area (Å²) in [5.41, 5.74) is 1.51. The van der Waals surface area contributed by atoms with Crippen molar-refractivity contribution < 1.29 is 8.94 Å². The zero-order chi connectivity index (χ0) is 11.7. The second kappa shape index (κ2) is 3.82. The van der Waals surface area contributed by atoms with Gasteiger partial charge in [0.1, 0.15) is 5.69 Å². The fourth-order valence-corrected chi connectivity index (χ4v) is 1.43. The third-order valence-electron chi connectivity index (χ3n) is 2.27. The standard InChI is InChI=1S/C11H8N4O2/c1-7-2-5-16-9(7)11-14-10(15-17-11)8-6-12-3-4-13-8/h2-6H,1H3. The molecule has 3 aromatic heterocycles. The maximum absolute atomic E-state index is 5.27. The van der Waals surface area contributed by atoms with Crippen LogP contribution in [0.3, 0.4) is 0 Å². The Hall–Kier alpha value is -2.50. The average molecular weight is 228 g/mol. The van der Waals surface area contributed by atoms with Gasteiger partial charge < -0.3 is 8.94 Å². The zero-order valence-electron chi connectivity index (χ0n) is 8.99. The minimum atomic E-state index is 0.341. The van der Waals surface area contributed by atoms with Crippen LogP contribution in [0.1, 0.15) is 5.56 Å². The van der Waals surface area contributed by atoms with Crippen molar-refractivity contribution in [3.8, 4) is 23.2 Å².